The van der Waals surface area contributed by atoms with Gasteiger partial charge in [-0.1, -0.05) is 129 Å². The van der Waals surface area contributed by atoms with Gasteiger partial charge in [0, 0.05) is 12.8 Å². The van der Waals surface area contributed by atoms with Crippen LogP contribution in [0.4, 0.5) is 0 Å². The zero-order valence-corrected chi connectivity index (χ0v) is 25.9. The topological polar surface area (TPSA) is 43.4 Å². The molecule has 0 fully saturated rings. The summed E-state index contributed by atoms with van der Waals surface area (Å²) in [6, 6.07) is 0. The molecule has 0 saturated carbocycles. The van der Waals surface area contributed by atoms with Gasteiger partial charge in [-0.15, -0.1) is 0 Å². The smallest absolute Gasteiger partial charge is 0.204 e. The van der Waals surface area contributed by atoms with Gasteiger partial charge in [0.05, 0.1) is 21.1 Å². The maximum atomic E-state index is 13.3. The number of likely N-dealkylation sites (N-methyl/N-ethyl adjacent to an activating group) is 1. The molecule has 36 heavy (non-hydrogen) atoms. The fourth-order valence-electron chi connectivity index (χ4n) is 5.10. The SMILES string of the molecule is CCCCCCCCCCCCC(=O)C(C[N+](C)(C)C)(O[PH-])C(=O)CCCCCCCCCCCC. The zero-order chi connectivity index (χ0) is 27.1. The van der Waals surface area contributed by atoms with Crippen molar-refractivity contribution in [2.75, 3.05) is 27.7 Å². The Balaban J connectivity index is 4.44. The molecule has 0 aliphatic rings. The first-order valence-corrected chi connectivity index (χ1v) is 15.9. The van der Waals surface area contributed by atoms with Crippen molar-refractivity contribution in [1.82, 2.24) is 0 Å². The summed E-state index contributed by atoms with van der Waals surface area (Å²) in [6.07, 6.45) is 25.4. The molecular formula is C31H62NO3P. The van der Waals surface area contributed by atoms with Crippen LogP contribution in [0.5, 0.6) is 0 Å². The van der Waals surface area contributed by atoms with E-state index >= 15 is 0 Å². The highest BCUT2D eigenvalue weighted by Crippen LogP contribution is 2.27. The Hall–Kier alpha value is -0.310. The van der Waals surface area contributed by atoms with E-state index in [1.165, 1.54) is 103 Å². The standard InChI is InChI=1S/C31H62NO3P/c1-6-8-10-12-14-16-18-20-22-24-26-29(33)31(35-36,28-32(3,4)5)30(34)27-25-23-21-19-17-15-13-11-9-7-2/h36H,6-28H2,1-5H3. The second-order valence-corrected chi connectivity index (χ2v) is 12.3. The summed E-state index contributed by atoms with van der Waals surface area (Å²) in [5.74, 6) is -0.107. The van der Waals surface area contributed by atoms with E-state index in [4.69, 9.17) is 4.52 Å². The molecule has 0 atom stereocenters. The third-order valence-corrected chi connectivity index (χ3v) is 7.64. The van der Waals surface area contributed by atoms with Gasteiger partial charge in [-0.2, -0.15) is 0 Å². The van der Waals surface area contributed by atoms with Crippen molar-refractivity contribution in [3.63, 3.8) is 0 Å². The summed E-state index contributed by atoms with van der Waals surface area (Å²) < 4.78 is 6.12. The molecule has 0 N–H and O–H groups in total. The molecule has 4 nitrogen and oxygen atoms in total. The number of quaternary nitrogens is 1. The number of nitrogens with zero attached hydrogens (tertiary/aromatic N) is 1. The summed E-state index contributed by atoms with van der Waals surface area (Å²) in [7, 11) is 9.22. The molecule has 0 aromatic heterocycles. The fourth-order valence-corrected chi connectivity index (χ4v) is 5.39. The van der Waals surface area contributed by atoms with Gasteiger partial charge >= 0.3 is 0 Å². The monoisotopic (exact) mass is 527 g/mol. The number of unbranched alkanes of at least 4 members (excludes halogenated alkanes) is 18. The van der Waals surface area contributed by atoms with Gasteiger partial charge in [-0.3, -0.25) is 9.59 Å². The van der Waals surface area contributed by atoms with E-state index in [1.807, 2.05) is 21.1 Å². The van der Waals surface area contributed by atoms with E-state index < -0.39 is 5.60 Å². The predicted molar refractivity (Wildman–Crippen MR) is 158 cm³/mol. The lowest BCUT2D eigenvalue weighted by molar-refractivity contribution is -0.873. The molecule has 0 saturated heterocycles. The van der Waals surface area contributed by atoms with Crippen LogP contribution < -0.4 is 0 Å². The second-order valence-electron chi connectivity index (χ2n) is 12.1. The minimum atomic E-state index is -1.37. The Labute approximate surface area is 228 Å². The van der Waals surface area contributed by atoms with Crippen molar-refractivity contribution >= 4 is 21.0 Å². The van der Waals surface area contributed by atoms with E-state index in [2.05, 4.69) is 23.3 Å². The molecular weight excluding hydrogens is 465 g/mol. The zero-order valence-electron chi connectivity index (χ0n) is 24.9. The molecule has 214 valence electrons. The third kappa shape index (κ3) is 18.0. The van der Waals surface area contributed by atoms with Gasteiger partial charge in [-0.25, -0.2) is 0 Å². The predicted octanol–water partition coefficient (Wildman–Crippen LogP) is 9.27. The van der Waals surface area contributed by atoms with Crippen LogP contribution in [0.1, 0.15) is 155 Å². The summed E-state index contributed by atoms with van der Waals surface area (Å²) in [5.41, 5.74) is -1.37. The minimum Gasteiger partial charge on any atom is -0.541 e. The summed E-state index contributed by atoms with van der Waals surface area (Å²) >= 11 is 0. The molecule has 0 amide bonds. The van der Waals surface area contributed by atoms with Crippen molar-refractivity contribution in [3.05, 3.63) is 0 Å². The van der Waals surface area contributed by atoms with E-state index in [-0.39, 0.29) is 11.6 Å². The first-order valence-electron chi connectivity index (χ1n) is 15.4. The van der Waals surface area contributed by atoms with Crippen molar-refractivity contribution in [1.29, 1.82) is 0 Å². The van der Waals surface area contributed by atoms with Crippen LogP contribution in [0, 0.1) is 0 Å². The van der Waals surface area contributed by atoms with Crippen LogP contribution in [0.15, 0.2) is 0 Å². The number of rotatable bonds is 27. The molecule has 0 aromatic carbocycles. The molecule has 5 heteroatoms. The molecule has 0 aromatic rings. The van der Waals surface area contributed by atoms with Crippen molar-refractivity contribution in [2.24, 2.45) is 0 Å². The number of Topliss-reactive ketones (excluding diaryl/α,β-unsaturated/α-hetero) is 2. The second kappa shape index (κ2) is 22.7. The van der Waals surface area contributed by atoms with Gasteiger partial charge < -0.3 is 18.5 Å². The maximum absolute atomic E-state index is 13.3. The van der Waals surface area contributed by atoms with Crippen LogP contribution in [0.3, 0.4) is 0 Å². The fraction of sp³-hybridized carbons (Fsp3) is 0.935. The molecule has 0 bridgehead atoms. The molecule has 0 aliphatic carbocycles. The van der Waals surface area contributed by atoms with Crippen LogP contribution >= 0.6 is 9.47 Å². The summed E-state index contributed by atoms with van der Waals surface area (Å²) in [4.78, 5) is 26.7. The van der Waals surface area contributed by atoms with Gasteiger partial charge in [0.1, 0.15) is 6.54 Å². The lowest BCUT2D eigenvalue weighted by Crippen LogP contribution is -2.58. The highest BCUT2D eigenvalue weighted by molar-refractivity contribution is 7.10. The third-order valence-electron chi connectivity index (χ3n) is 7.29. The Bertz CT molecular complexity index is 508. The van der Waals surface area contributed by atoms with Crippen LogP contribution in [-0.2, 0) is 14.1 Å². The number of hydrogen-bond donors (Lipinski definition) is 0. The maximum Gasteiger partial charge on any atom is 0.204 e. The Morgan fingerprint density at radius 3 is 1.08 bits per heavy atom. The van der Waals surface area contributed by atoms with Crippen molar-refractivity contribution in [3.8, 4) is 0 Å². The highest BCUT2D eigenvalue weighted by atomic mass is 31.0. The van der Waals surface area contributed by atoms with Crippen molar-refractivity contribution < 1.29 is 18.6 Å². The lowest BCUT2D eigenvalue weighted by atomic mass is 9.86. The number of hydrogen-bond acceptors (Lipinski definition) is 3. The van der Waals surface area contributed by atoms with Crippen molar-refractivity contribution in [2.45, 2.75) is 161 Å². The van der Waals surface area contributed by atoms with E-state index in [0.717, 1.165) is 25.7 Å². The lowest BCUT2D eigenvalue weighted by Gasteiger charge is -2.39. The highest BCUT2D eigenvalue weighted by Gasteiger charge is 2.46. The van der Waals surface area contributed by atoms with Gasteiger partial charge in [-0.05, 0) is 12.8 Å². The van der Waals surface area contributed by atoms with E-state index in [1.54, 1.807) is 0 Å². The van der Waals surface area contributed by atoms with Crippen LogP contribution in [-0.4, -0.2) is 49.3 Å². The normalized spacial score (nSPS) is 12.3. The summed E-state index contributed by atoms with van der Waals surface area (Å²) in [5, 5.41) is 0. The number of carbonyl (C=O) groups is 2. The molecule has 0 rings (SSSR count). The largest absolute Gasteiger partial charge is 0.541 e. The Kier molecular flexibility index (Phi) is 22.5. The number of ketones is 2. The Morgan fingerprint density at radius 1 is 0.556 bits per heavy atom. The van der Waals surface area contributed by atoms with E-state index in [9.17, 15) is 9.59 Å². The molecule has 0 radical (unpaired) electrons. The van der Waals surface area contributed by atoms with Gasteiger partial charge in [0.25, 0.3) is 0 Å². The van der Waals surface area contributed by atoms with Gasteiger partial charge in [0.2, 0.25) is 5.60 Å². The molecule has 0 aliphatic heterocycles. The number of carbonyl (C=O) groups excluding carboxylic acids is 2. The van der Waals surface area contributed by atoms with Gasteiger partial charge in [0.15, 0.2) is 11.6 Å². The quantitative estimate of drug-likeness (QED) is 0.0463. The minimum absolute atomic E-state index is 0.0535. The molecule has 0 spiro atoms. The first-order chi connectivity index (χ1) is 17.2. The molecule has 0 unspecified atom stereocenters. The first kappa shape index (κ1) is 35.7. The van der Waals surface area contributed by atoms with Crippen LogP contribution in [0.2, 0.25) is 0 Å². The van der Waals surface area contributed by atoms with Crippen LogP contribution in [0.25, 0.3) is 0 Å². The van der Waals surface area contributed by atoms with E-state index in [0.29, 0.717) is 23.9 Å². The molecule has 0 heterocycles. The average Bonchev–Trinajstić information content (AvgIpc) is 2.83. The average molecular weight is 528 g/mol. The summed E-state index contributed by atoms with van der Waals surface area (Å²) in [6.45, 7) is 4.87. The Morgan fingerprint density at radius 2 is 0.833 bits per heavy atom.